The van der Waals surface area contributed by atoms with E-state index in [1.54, 1.807) is 6.92 Å². The van der Waals surface area contributed by atoms with Gasteiger partial charge in [-0.1, -0.05) is 20.8 Å². The standard InChI is InChI=1S/C13H27N3O3/c1-6-11(12(17)18)15(5)13(19)14-10(4)9-16(7-2)8-3/h10-11H,6-9H2,1-5H3,(H,14,19)(H,17,18). The Labute approximate surface area is 115 Å². The maximum atomic E-state index is 11.9. The molecule has 0 heterocycles. The molecule has 2 atom stereocenters. The number of nitrogens with one attached hydrogen (secondary N) is 1. The van der Waals surface area contributed by atoms with Crippen LogP contribution in [0.4, 0.5) is 4.79 Å². The fourth-order valence-electron chi connectivity index (χ4n) is 1.98. The summed E-state index contributed by atoms with van der Waals surface area (Å²) in [6.07, 6.45) is 0.393. The minimum Gasteiger partial charge on any atom is -0.480 e. The number of carboxylic acids is 1. The third kappa shape index (κ3) is 5.92. The van der Waals surface area contributed by atoms with Crippen LogP contribution in [0.1, 0.15) is 34.1 Å². The molecule has 2 unspecified atom stereocenters. The molecule has 0 aromatic heterocycles. The lowest BCUT2D eigenvalue weighted by Crippen LogP contribution is -2.51. The van der Waals surface area contributed by atoms with Crippen LogP contribution in [0.15, 0.2) is 0 Å². The Balaban J connectivity index is 4.39. The van der Waals surface area contributed by atoms with Crippen molar-refractivity contribution in [1.29, 1.82) is 0 Å². The summed E-state index contributed by atoms with van der Waals surface area (Å²) in [5, 5.41) is 11.8. The van der Waals surface area contributed by atoms with Crippen LogP contribution < -0.4 is 5.32 Å². The predicted octanol–water partition coefficient (Wildman–Crippen LogP) is 1.22. The highest BCUT2D eigenvalue weighted by Crippen LogP contribution is 2.03. The number of carboxylic acid groups (broad SMARTS) is 1. The maximum Gasteiger partial charge on any atom is 0.326 e. The molecule has 0 aromatic carbocycles. The first kappa shape index (κ1) is 17.7. The summed E-state index contributed by atoms with van der Waals surface area (Å²) in [4.78, 5) is 26.4. The number of aliphatic carboxylic acids is 1. The third-order valence-corrected chi connectivity index (χ3v) is 3.26. The Morgan fingerprint density at radius 2 is 1.74 bits per heavy atom. The molecule has 0 spiro atoms. The van der Waals surface area contributed by atoms with Gasteiger partial charge in [0.05, 0.1) is 0 Å². The minimum absolute atomic E-state index is 0.0128. The van der Waals surface area contributed by atoms with Gasteiger partial charge in [0.15, 0.2) is 0 Å². The number of hydrogen-bond donors (Lipinski definition) is 2. The van der Waals surface area contributed by atoms with Gasteiger partial charge in [-0.05, 0) is 26.4 Å². The van der Waals surface area contributed by atoms with Crippen LogP contribution in [0.2, 0.25) is 0 Å². The molecule has 2 N–H and O–H groups in total. The molecule has 6 nitrogen and oxygen atoms in total. The Morgan fingerprint density at radius 1 is 1.21 bits per heavy atom. The summed E-state index contributed by atoms with van der Waals surface area (Å²) in [5.41, 5.74) is 0. The molecule has 0 aromatic rings. The highest BCUT2D eigenvalue weighted by atomic mass is 16.4. The summed E-state index contributed by atoms with van der Waals surface area (Å²) in [7, 11) is 1.52. The molecule has 0 aliphatic carbocycles. The minimum atomic E-state index is -0.975. The molecule has 0 aliphatic heterocycles. The van der Waals surface area contributed by atoms with Crippen molar-refractivity contribution >= 4 is 12.0 Å². The number of urea groups is 1. The van der Waals surface area contributed by atoms with Crippen LogP contribution in [0.5, 0.6) is 0 Å². The number of carbonyl (C=O) groups excluding carboxylic acids is 1. The highest BCUT2D eigenvalue weighted by Gasteiger charge is 2.25. The molecular formula is C13H27N3O3. The van der Waals surface area contributed by atoms with E-state index in [1.165, 1.54) is 11.9 Å². The van der Waals surface area contributed by atoms with Gasteiger partial charge in [0.2, 0.25) is 0 Å². The zero-order valence-electron chi connectivity index (χ0n) is 12.6. The number of rotatable bonds is 8. The fourth-order valence-corrected chi connectivity index (χ4v) is 1.98. The average Bonchev–Trinajstić information content (AvgIpc) is 2.35. The van der Waals surface area contributed by atoms with Crippen molar-refractivity contribution in [3.8, 4) is 0 Å². The summed E-state index contributed by atoms with van der Waals surface area (Å²) in [5.74, 6) is -0.975. The van der Waals surface area contributed by atoms with Gasteiger partial charge in [-0.25, -0.2) is 9.59 Å². The van der Waals surface area contributed by atoms with E-state index >= 15 is 0 Å². The predicted molar refractivity (Wildman–Crippen MR) is 75.3 cm³/mol. The second-order valence-electron chi connectivity index (χ2n) is 4.71. The van der Waals surface area contributed by atoms with Gasteiger partial charge >= 0.3 is 12.0 Å². The molecule has 0 fully saturated rings. The molecule has 0 saturated carbocycles. The molecule has 0 rings (SSSR count). The quantitative estimate of drug-likeness (QED) is 0.697. The monoisotopic (exact) mass is 273 g/mol. The second-order valence-corrected chi connectivity index (χ2v) is 4.71. The fraction of sp³-hybridized carbons (Fsp3) is 0.846. The molecule has 0 bridgehead atoms. The largest absolute Gasteiger partial charge is 0.480 e. The normalized spacial score (nSPS) is 14.0. The lowest BCUT2D eigenvalue weighted by atomic mass is 10.2. The van der Waals surface area contributed by atoms with Crippen molar-refractivity contribution in [2.24, 2.45) is 0 Å². The number of carbonyl (C=O) groups is 2. The van der Waals surface area contributed by atoms with Gasteiger partial charge in [0, 0.05) is 19.6 Å². The van der Waals surface area contributed by atoms with Crippen molar-refractivity contribution in [3.05, 3.63) is 0 Å². The number of hydrogen-bond acceptors (Lipinski definition) is 3. The third-order valence-electron chi connectivity index (χ3n) is 3.26. The van der Waals surface area contributed by atoms with E-state index in [4.69, 9.17) is 5.11 Å². The lowest BCUT2D eigenvalue weighted by Gasteiger charge is -2.28. The van der Waals surface area contributed by atoms with Gasteiger partial charge in [-0.15, -0.1) is 0 Å². The lowest BCUT2D eigenvalue weighted by molar-refractivity contribution is -0.141. The molecule has 19 heavy (non-hydrogen) atoms. The van der Waals surface area contributed by atoms with E-state index in [9.17, 15) is 9.59 Å². The molecule has 6 heteroatoms. The van der Waals surface area contributed by atoms with Crippen LogP contribution in [-0.4, -0.2) is 65.7 Å². The smallest absolute Gasteiger partial charge is 0.326 e. The van der Waals surface area contributed by atoms with Gasteiger partial charge < -0.3 is 20.2 Å². The zero-order valence-corrected chi connectivity index (χ0v) is 12.6. The van der Waals surface area contributed by atoms with Gasteiger partial charge in [0.1, 0.15) is 6.04 Å². The molecule has 0 radical (unpaired) electrons. The first-order chi connectivity index (χ1) is 8.87. The topological polar surface area (TPSA) is 72.9 Å². The zero-order chi connectivity index (χ0) is 15.0. The van der Waals surface area contributed by atoms with Crippen molar-refractivity contribution in [2.45, 2.75) is 46.2 Å². The van der Waals surface area contributed by atoms with Crippen LogP contribution in [0.25, 0.3) is 0 Å². The van der Waals surface area contributed by atoms with Crippen LogP contribution in [0.3, 0.4) is 0 Å². The summed E-state index contributed by atoms with van der Waals surface area (Å²) < 4.78 is 0. The van der Waals surface area contributed by atoms with Crippen LogP contribution in [0, 0.1) is 0 Å². The van der Waals surface area contributed by atoms with E-state index in [1.807, 2.05) is 6.92 Å². The molecule has 0 saturated heterocycles. The molecular weight excluding hydrogens is 246 g/mol. The van der Waals surface area contributed by atoms with Gasteiger partial charge in [-0.2, -0.15) is 0 Å². The molecule has 112 valence electrons. The van der Waals surface area contributed by atoms with Crippen LogP contribution >= 0.6 is 0 Å². The van der Waals surface area contributed by atoms with E-state index in [2.05, 4.69) is 24.1 Å². The number of likely N-dealkylation sites (N-methyl/N-ethyl adjacent to an activating group) is 2. The summed E-state index contributed by atoms with van der Waals surface area (Å²) in [6.45, 7) is 10.4. The molecule has 0 aliphatic rings. The van der Waals surface area contributed by atoms with E-state index < -0.39 is 12.0 Å². The number of nitrogens with zero attached hydrogens (tertiary/aromatic N) is 2. The molecule has 2 amide bonds. The Bertz CT molecular complexity index is 293. The first-order valence-corrected chi connectivity index (χ1v) is 6.85. The van der Waals surface area contributed by atoms with Crippen molar-refractivity contribution in [1.82, 2.24) is 15.1 Å². The Morgan fingerprint density at radius 3 is 2.11 bits per heavy atom. The van der Waals surface area contributed by atoms with Crippen molar-refractivity contribution in [3.63, 3.8) is 0 Å². The van der Waals surface area contributed by atoms with Gasteiger partial charge in [-0.3, -0.25) is 0 Å². The van der Waals surface area contributed by atoms with Crippen molar-refractivity contribution in [2.75, 3.05) is 26.7 Å². The van der Waals surface area contributed by atoms with E-state index in [0.717, 1.165) is 19.6 Å². The first-order valence-electron chi connectivity index (χ1n) is 6.85. The van der Waals surface area contributed by atoms with E-state index in [-0.39, 0.29) is 12.1 Å². The summed E-state index contributed by atoms with van der Waals surface area (Å²) in [6, 6.07) is -1.13. The average molecular weight is 273 g/mol. The second kappa shape index (κ2) is 8.74. The van der Waals surface area contributed by atoms with E-state index in [0.29, 0.717) is 6.42 Å². The maximum absolute atomic E-state index is 11.9. The van der Waals surface area contributed by atoms with Gasteiger partial charge in [0.25, 0.3) is 0 Å². The SMILES string of the molecule is CCC(C(=O)O)N(C)C(=O)NC(C)CN(CC)CC. The highest BCUT2D eigenvalue weighted by molar-refractivity contribution is 5.82. The Hall–Kier alpha value is -1.30. The summed E-state index contributed by atoms with van der Waals surface area (Å²) >= 11 is 0. The Kier molecular flexibility index (Phi) is 8.14. The number of amides is 2. The van der Waals surface area contributed by atoms with Crippen molar-refractivity contribution < 1.29 is 14.7 Å². The van der Waals surface area contributed by atoms with Crippen LogP contribution in [-0.2, 0) is 4.79 Å².